The summed E-state index contributed by atoms with van der Waals surface area (Å²) in [6.07, 6.45) is -9.39. The van der Waals surface area contributed by atoms with E-state index in [2.05, 4.69) is 12.1 Å². The van der Waals surface area contributed by atoms with Gasteiger partial charge in [-0.2, -0.15) is 26.3 Å². The Labute approximate surface area is 221 Å². The van der Waals surface area contributed by atoms with E-state index in [0.29, 0.717) is 12.1 Å². The van der Waals surface area contributed by atoms with Crippen LogP contribution in [0.15, 0.2) is 82.6 Å². The van der Waals surface area contributed by atoms with Crippen molar-refractivity contribution < 1.29 is 26.3 Å². The summed E-state index contributed by atoms with van der Waals surface area (Å²) in [6, 6.07) is 17.9. The van der Waals surface area contributed by atoms with Crippen LogP contribution in [-0.2, 0) is 12.4 Å². The van der Waals surface area contributed by atoms with Crippen LogP contribution in [0, 0.1) is 0 Å². The molecule has 0 saturated carbocycles. The fourth-order valence-corrected chi connectivity index (χ4v) is 6.16. The van der Waals surface area contributed by atoms with Gasteiger partial charge in [-0.1, -0.05) is 45.9 Å². The lowest BCUT2D eigenvalue weighted by Crippen LogP contribution is -2.10. The number of hydrogen-bond donors (Lipinski definition) is 4. The molecule has 198 valence electrons. The molecule has 0 unspecified atom stereocenters. The van der Waals surface area contributed by atoms with Crippen molar-refractivity contribution in [3.63, 3.8) is 0 Å². The highest BCUT2D eigenvalue weighted by atomic mass is 33.1. The van der Waals surface area contributed by atoms with Gasteiger partial charge in [-0.25, -0.2) is 0 Å². The number of fused-ring (bicyclic) bond motifs is 3. The molecule has 1 heterocycles. The lowest BCUT2D eigenvalue weighted by Gasteiger charge is -2.18. The number of rotatable bonds is 1. The van der Waals surface area contributed by atoms with Crippen molar-refractivity contribution in [2.24, 2.45) is 0 Å². The first kappa shape index (κ1) is 27.4. The molecule has 4 aromatic carbocycles. The maximum Gasteiger partial charge on any atom is 0.418 e. The van der Waals surface area contributed by atoms with Crippen LogP contribution in [0.5, 0.6) is 0 Å². The third kappa shape index (κ3) is 5.91. The summed E-state index contributed by atoms with van der Waals surface area (Å²) in [5.74, 6) is 0. The fourth-order valence-electron chi connectivity index (χ4n) is 3.71. The lowest BCUT2D eigenvalue weighted by atomic mass is 9.99. The summed E-state index contributed by atoms with van der Waals surface area (Å²) in [7, 11) is 3.47. The summed E-state index contributed by atoms with van der Waals surface area (Å²) in [6.45, 7) is 0. The van der Waals surface area contributed by atoms with Gasteiger partial charge in [0.15, 0.2) is 0 Å². The van der Waals surface area contributed by atoms with Crippen LogP contribution in [0.1, 0.15) is 11.1 Å². The average molecular weight is 567 g/mol. The first-order chi connectivity index (χ1) is 17.7. The maximum atomic E-state index is 12.8. The van der Waals surface area contributed by atoms with E-state index >= 15 is 0 Å². The van der Waals surface area contributed by atoms with Crippen LogP contribution in [0.25, 0.3) is 22.3 Å². The first-order valence-corrected chi connectivity index (χ1v) is 13.0. The van der Waals surface area contributed by atoms with Gasteiger partial charge < -0.3 is 22.9 Å². The fraction of sp³-hybridized carbons (Fsp3) is 0.0769. The Bertz CT molecular complexity index is 1390. The predicted octanol–water partition coefficient (Wildman–Crippen LogP) is 8.19. The van der Waals surface area contributed by atoms with E-state index in [0.717, 1.165) is 23.5 Å². The highest BCUT2D eigenvalue weighted by Gasteiger charge is 2.35. The van der Waals surface area contributed by atoms with Crippen LogP contribution in [-0.4, -0.2) is 0 Å². The predicted molar refractivity (Wildman–Crippen MR) is 143 cm³/mol. The molecule has 0 aromatic heterocycles. The zero-order valence-electron chi connectivity index (χ0n) is 19.3. The average Bonchev–Trinajstić information content (AvgIpc) is 2.83. The van der Waals surface area contributed by atoms with E-state index in [1.165, 1.54) is 33.1 Å². The second-order valence-electron chi connectivity index (χ2n) is 8.28. The number of benzene rings is 4. The Kier molecular flexibility index (Phi) is 7.39. The SMILES string of the molecule is Nc1ccc(-c2ccc(N)c(C(F)(F)F)c2)cc1C(F)(F)F.Nc1ccc2c(c1)SSc1cc(N)ccc1-2. The van der Waals surface area contributed by atoms with E-state index in [1.807, 2.05) is 24.3 Å². The van der Waals surface area contributed by atoms with Gasteiger partial charge in [0.1, 0.15) is 0 Å². The number of hydrogen-bond acceptors (Lipinski definition) is 6. The molecule has 4 nitrogen and oxygen atoms in total. The van der Waals surface area contributed by atoms with Gasteiger partial charge in [-0.05, 0) is 70.8 Å². The van der Waals surface area contributed by atoms with Crippen LogP contribution in [0.3, 0.4) is 0 Å². The van der Waals surface area contributed by atoms with Gasteiger partial charge in [0.25, 0.3) is 0 Å². The maximum absolute atomic E-state index is 12.8. The molecule has 12 heteroatoms. The van der Waals surface area contributed by atoms with E-state index in [9.17, 15) is 26.3 Å². The van der Waals surface area contributed by atoms with Crippen molar-refractivity contribution in [2.75, 3.05) is 22.9 Å². The van der Waals surface area contributed by atoms with Crippen molar-refractivity contribution in [2.45, 2.75) is 22.1 Å². The van der Waals surface area contributed by atoms with E-state index in [4.69, 9.17) is 22.9 Å². The van der Waals surface area contributed by atoms with Crippen LogP contribution >= 0.6 is 21.6 Å². The number of nitrogen functional groups attached to an aromatic ring is 4. The zero-order valence-corrected chi connectivity index (χ0v) is 21.0. The monoisotopic (exact) mass is 566 g/mol. The topological polar surface area (TPSA) is 104 Å². The molecular weight excluding hydrogens is 546 g/mol. The Morgan fingerprint density at radius 1 is 0.474 bits per heavy atom. The molecule has 0 amide bonds. The minimum absolute atomic E-state index is 0.0352. The van der Waals surface area contributed by atoms with E-state index in [-0.39, 0.29) is 11.1 Å². The second kappa shape index (κ2) is 10.3. The Morgan fingerprint density at radius 2 is 0.842 bits per heavy atom. The zero-order chi connectivity index (χ0) is 27.8. The van der Waals surface area contributed by atoms with Gasteiger partial charge in [0.2, 0.25) is 0 Å². The van der Waals surface area contributed by atoms with E-state index < -0.39 is 34.9 Å². The molecule has 1 aliphatic rings. The molecule has 0 spiro atoms. The minimum Gasteiger partial charge on any atom is -0.399 e. The molecule has 38 heavy (non-hydrogen) atoms. The summed E-state index contributed by atoms with van der Waals surface area (Å²) >= 11 is 0. The lowest BCUT2D eigenvalue weighted by molar-refractivity contribution is -0.137. The Morgan fingerprint density at radius 3 is 1.18 bits per heavy atom. The third-order valence-electron chi connectivity index (χ3n) is 5.57. The number of nitrogens with two attached hydrogens (primary N) is 4. The highest BCUT2D eigenvalue weighted by molar-refractivity contribution is 8.76. The molecule has 0 fully saturated rings. The smallest absolute Gasteiger partial charge is 0.399 e. The van der Waals surface area contributed by atoms with Crippen LogP contribution in [0.4, 0.5) is 49.1 Å². The quantitative estimate of drug-likeness (QED) is 0.105. The third-order valence-corrected chi connectivity index (χ3v) is 8.02. The number of halogens is 6. The molecule has 5 rings (SSSR count). The second-order valence-corrected chi connectivity index (χ2v) is 10.5. The van der Waals surface area contributed by atoms with Gasteiger partial charge in [-0.15, -0.1) is 0 Å². The largest absolute Gasteiger partial charge is 0.418 e. The van der Waals surface area contributed by atoms with Gasteiger partial charge in [0, 0.05) is 32.5 Å². The van der Waals surface area contributed by atoms with E-state index in [1.54, 1.807) is 21.6 Å². The molecule has 0 aliphatic carbocycles. The highest BCUT2D eigenvalue weighted by Crippen LogP contribution is 2.51. The summed E-state index contributed by atoms with van der Waals surface area (Å²) < 4.78 is 76.8. The molecule has 0 bridgehead atoms. The molecule has 0 atom stereocenters. The van der Waals surface area contributed by atoms with Crippen molar-refractivity contribution in [1.29, 1.82) is 0 Å². The summed E-state index contributed by atoms with van der Waals surface area (Å²) in [4.78, 5) is 2.45. The molecule has 8 N–H and O–H groups in total. The molecular formula is C26H20F6N4S2. The Hall–Kier alpha value is -3.64. The van der Waals surface area contributed by atoms with Gasteiger partial charge in [-0.3, -0.25) is 0 Å². The Balaban J connectivity index is 0.000000185. The molecule has 0 radical (unpaired) electrons. The van der Waals surface area contributed by atoms with Crippen molar-refractivity contribution in [3.8, 4) is 22.3 Å². The molecule has 4 aromatic rings. The van der Waals surface area contributed by atoms with Crippen molar-refractivity contribution in [3.05, 3.63) is 83.9 Å². The standard InChI is InChI=1S/C14H10F6N2.C12H10N2S2/c15-13(16,17)9-5-7(1-3-11(9)21)8-2-4-12(22)10(6-8)14(18,19)20;13-7-1-3-9-10-4-2-8(14)6-12(10)16-15-11(9)5-7/h1-6H,21-22H2;1-6H,13-14H2. The van der Waals surface area contributed by atoms with Crippen LogP contribution < -0.4 is 22.9 Å². The molecule has 1 aliphatic heterocycles. The van der Waals surface area contributed by atoms with Crippen molar-refractivity contribution in [1.82, 2.24) is 0 Å². The normalized spacial score (nSPS) is 12.7. The van der Waals surface area contributed by atoms with Gasteiger partial charge in [0.05, 0.1) is 11.1 Å². The van der Waals surface area contributed by atoms with Crippen molar-refractivity contribution >= 4 is 44.3 Å². The summed E-state index contributed by atoms with van der Waals surface area (Å²) in [5, 5.41) is 0. The van der Waals surface area contributed by atoms with Crippen LogP contribution in [0.2, 0.25) is 0 Å². The first-order valence-electron chi connectivity index (χ1n) is 10.8. The van der Waals surface area contributed by atoms with Gasteiger partial charge >= 0.3 is 12.4 Å². The summed E-state index contributed by atoms with van der Waals surface area (Å²) in [5.41, 5.74) is 22.9. The molecule has 0 saturated heterocycles. The number of alkyl halides is 6. The number of anilines is 4. The minimum atomic E-state index is -4.69.